The molecule has 0 saturated heterocycles. The van der Waals surface area contributed by atoms with Crippen molar-refractivity contribution in [1.29, 1.82) is 0 Å². The number of benzene rings is 1. The van der Waals surface area contributed by atoms with Gasteiger partial charge in [-0.3, -0.25) is 4.79 Å². The van der Waals surface area contributed by atoms with E-state index >= 15 is 0 Å². The van der Waals surface area contributed by atoms with E-state index in [2.05, 4.69) is 20.4 Å². The second-order valence-corrected chi connectivity index (χ2v) is 6.13. The molecular weight excluding hydrogens is 342 g/mol. The predicted molar refractivity (Wildman–Crippen MR) is 104 cm³/mol. The number of hydrogen-bond donors (Lipinski definition) is 1. The highest BCUT2D eigenvalue weighted by atomic mass is 16.5. The van der Waals surface area contributed by atoms with E-state index in [0.29, 0.717) is 11.8 Å². The first-order valence-electron chi connectivity index (χ1n) is 8.47. The van der Waals surface area contributed by atoms with E-state index in [1.54, 1.807) is 19.3 Å². The summed E-state index contributed by atoms with van der Waals surface area (Å²) >= 11 is 0. The van der Waals surface area contributed by atoms with E-state index < -0.39 is 0 Å². The van der Waals surface area contributed by atoms with Crippen molar-refractivity contribution in [1.82, 2.24) is 19.7 Å². The van der Waals surface area contributed by atoms with Crippen LogP contribution in [0.25, 0.3) is 12.0 Å². The molecule has 0 aliphatic carbocycles. The van der Waals surface area contributed by atoms with Gasteiger partial charge in [-0.25, -0.2) is 9.97 Å². The van der Waals surface area contributed by atoms with Gasteiger partial charge in [0.2, 0.25) is 5.91 Å². The summed E-state index contributed by atoms with van der Waals surface area (Å²) in [5.41, 5.74) is 3.32. The number of rotatable bonds is 5. The third kappa shape index (κ3) is 4.58. The number of hydrogen-bond acceptors (Lipinski definition) is 5. The van der Waals surface area contributed by atoms with Crippen molar-refractivity contribution in [3.05, 3.63) is 65.1 Å². The molecule has 3 rings (SSSR count). The fraction of sp³-hybridized carbons (Fsp3) is 0.200. The maximum atomic E-state index is 12.3. The van der Waals surface area contributed by atoms with Gasteiger partial charge in [-0.15, -0.1) is 0 Å². The van der Waals surface area contributed by atoms with Gasteiger partial charge in [-0.1, -0.05) is 12.1 Å². The van der Waals surface area contributed by atoms with Gasteiger partial charge in [0, 0.05) is 23.5 Å². The molecule has 0 radical (unpaired) electrons. The van der Waals surface area contributed by atoms with Crippen LogP contribution in [-0.2, 0) is 4.79 Å². The Bertz CT molecular complexity index is 970. The molecule has 0 aliphatic rings. The summed E-state index contributed by atoms with van der Waals surface area (Å²) in [5, 5.41) is 7.22. The molecule has 3 aromatic rings. The van der Waals surface area contributed by atoms with Crippen LogP contribution in [0.1, 0.15) is 22.6 Å². The van der Waals surface area contributed by atoms with Crippen LogP contribution in [0.3, 0.4) is 0 Å². The summed E-state index contributed by atoms with van der Waals surface area (Å²) < 4.78 is 6.66. The number of aryl methyl sites for hydroxylation is 3. The summed E-state index contributed by atoms with van der Waals surface area (Å²) in [6.45, 7) is 5.64. The molecule has 0 atom stereocenters. The van der Waals surface area contributed by atoms with Gasteiger partial charge < -0.3 is 10.1 Å². The van der Waals surface area contributed by atoms with Crippen LogP contribution in [-0.4, -0.2) is 32.8 Å². The van der Waals surface area contributed by atoms with E-state index in [-0.39, 0.29) is 5.91 Å². The number of methoxy groups -OCH3 is 1. The van der Waals surface area contributed by atoms with Gasteiger partial charge in [0.15, 0.2) is 0 Å². The number of ether oxygens (including phenoxy) is 1. The van der Waals surface area contributed by atoms with Crippen LogP contribution in [0.2, 0.25) is 0 Å². The summed E-state index contributed by atoms with van der Waals surface area (Å²) in [6.07, 6.45) is 3.20. The smallest absolute Gasteiger partial charge is 0.252 e. The zero-order chi connectivity index (χ0) is 19.4. The van der Waals surface area contributed by atoms with Gasteiger partial charge in [0.25, 0.3) is 5.95 Å². The monoisotopic (exact) mass is 363 g/mol. The minimum atomic E-state index is -0.267. The minimum absolute atomic E-state index is 0.267. The summed E-state index contributed by atoms with van der Waals surface area (Å²) in [4.78, 5) is 21.1. The Balaban J connectivity index is 1.79. The van der Waals surface area contributed by atoms with E-state index in [4.69, 9.17) is 4.74 Å². The summed E-state index contributed by atoms with van der Waals surface area (Å²) in [7, 11) is 1.61. The number of anilines is 1. The number of nitrogens with zero attached hydrogens (tertiary/aromatic N) is 4. The Morgan fingerprint density at radius 2 is 1.70 bits per heavy atom. The maximum absolute atomic E-state index is 12.3. The molecule has 0 fully saturated rings. The lowest BCUT2D eigenvalue weighted by molar-refractivity contribution is -0.111. The lowest BCUT2D eigenvalue weighted by Gasteiger charge is -2.07. The second kappa shape index (κ2) is 7.82. The van der Waals surface area contributed by atoms with Gasteiger partial charge >= 0.3 is 0 Å². The summed E-state index contributed by atoms with van der Waals surface area (Å²) in [6, 6.07) is 11.1. The molecule has 27 heavy (non-hydrogen) atoms. The molecule has 7 nitrogen and oxygen atoms in total. The molecule has 0 bridgehead atoms. The zero-order valence-electron chi connectivity index (χ0n) is 15.7. The van der Waals surface area contributed by atoms with Crippen molar-refractivity contribution < 1.29 is 9.53 Å². The van der Waals surface area contributed by atoms with Crippen molar-refractivity contribution in [2.45, 2.75) is 20.8 Å². The highest BCUT2D eigenvalue weighted by Gasteiger charge is 2.12. The highest BCUT2D eigenvalue weighted by molar-refractivity contribution is 6.01. The Hall–Kier alpha value is -3.48. The molecular formula is C20H21N5O2. The first-order chi connectivity index (χ1) is 12.9. The van der Waals surface area contributed by atoms with Crippen molar-refractivity contribution in [2.24, 2.45) is 0 Å². The van der Waals surface area contributed by atoms with Crippen LogP contribution in [0.15, 0.2) is 42.5 Å². The quantitative estimate of drug-likeness (QED) is 0.704. The highest BCUT2D eigenvalue weighted by Crippen LogP contribution is 2.16. The van der Waals surface area contributed by atoms with Crippen molar-refractivity contribution in [2.75, 3.05) is 12.4 Å². The van der Waals surface area contributed by atoms with Crippen molar-refractivity contribution in [3.8, 4) is 11.7 Å². The van der Waals surface area contributed by atoms with Crippen LogP contribution in [0, 0.1) is 20.8 Å². The first-order valence-corrected chi connectivity index (χ1v) is 8.47. The van der Waals surface area contributed by atoms with Crippen LogP contribution in [0.4, 0.5) is 5.82 Å². The second-order valence-electron chi connectivity index (χ2n) is 6.13. The molecule has 2 aromatic heterocycles. The largest absolute Gasteiger partial charge is 0.497 e. The van der Waals surface area contributed by atoms with Crippen LogP contribution >= 0.6 is 0 Å². The van der Waals surface area contributed by atoms with Gasteiger partial charge in [-0.2, -0.15) is 9.78 Å². The molecule has 1 amide bonds. The molecule has 7 heteroatoms. The molecule has 0 saturated carbocycles. The average Bonchev–Trinajstić information content (AvgIpc) is 3.00. The van der Waals surface area contributed by atoms with E-state index in [1.807, 2.05) is 51.1 Å². The van der Waals surface area contributed by atoms with E-state index in [9.17, 15) is 4.79 Å². The van der Waals surface area contributed by atoms with E-state index in [0.717, 1.165) is 28.4 Å². The summed E-state index contributed by atoms with van der Waals surface area (Å²) in [5.74, 6) is 1.44. The molecule has 0 aliphatic heterocycles. The lowest BCUT2D eigenvalue weighted by Crippen LogP contribution is -2.14. The van der Waals surface area contributed by atoms with Gasteiger partial charge in [0.1, 0.15) is 11.6 Å². The molecule has 1 aromatic carbocycles. The third-order valence-electron chi connectivity index (χ3n) is 3.79. The van der Waals surface area contributed by atoms with E-state index in [1.165, 1.54) is 10.8 Å². The zero-order valence-corrected chi connectivity index (χ0v) is 15.7. The normalized spacial score (nSPS) is 11.0. The molecule has 1 N–H and O–H groups in total. The number of carbonyl (C=O) groups excluding carboxylic acids is 1. The SMILES string of the molecule is COc1ccc(/C=C/C(=O)Nc2cc(C)nn2-c2nc(C)cc(C)n2)cc1. The number of amides is 1. The van der Waals surface area contributed by atoms with Crippen LogP contribution < -0.4 is 10.1 Å². The van der Waals surface area contributed by atoms with Crippen molar-refractivity contribution >= 4 is 17.8 Å². The lowest BCUT2D eigenvalue weighted by atomic mass is 10.2. The molecule has 2 heterocycles. The van der Waals surface area contributed by atoms with Crippen LogP contribution in [0.5, 0.6) is 5.75 Å². The topological polar surface area (TPSA) is 81.9 Å². The minimum Gasteiger partial charge on any atom is -0.497 e. The van der Waals surface area contributed by atoms with Gasteiger partial charge in [-0.05, 0) is 50.6 Å². The predicted octanol–water partition coefficient (Wildman–Crippen LogP) is 3.25. The fourth-order valence-electron chi connectivity index (χ4n) is 2.60. The average molecular weight is 363 g/mol. The standard InChI is InChI=1S/C20H21N5O2/c1-13-11-14(2)22-20(21-13)25-18(12-15(3)24-25)23-19(26)10-7-16-5-8-17(27-4)9-6-16/h5-12H,1-4H3,(H,23,26)/b10-7+. The van der Waals surface area contributed by atoms with Gasteiger partial charge in [0.05, 0.1) is 12.8 Å². The maximum Gasteiger partial charge on any atom is 0.252 e. The fourth-order valence-corrected chi connectivity index (χ4v) is 2.60. The number of carbonyl (C=O) groups is 1. The number of aromatic nitrogens is 4. The Morgan fingerprint density at radius 3 is 2.33 bits per heavy atom. The molecule has 138 valence electrons. The van der Waals surface area contributed by atoms with Crippen molar-refractivity contribution in [3.63, 3.8) is 0 Å². The Morgan fingerprint density at radius 1 is 1.04 bits per heavy atom. The molecule has 0 unspecified atom stereocenters. The number of nitrogens with one attached hydrogen (secondary N) is 1. The molecule has 0 spiro atoms. The third-order valence-corrected chi connectivity index (χ3v) is 3.79. The Kier molecular flexibility index (Phi) is 5.30. The first kappa shape index (κ1) is 18.3. The Labute approximate surface area is 157 Å².